The summed E-state index contributed by atoms with van der Waals surface area (Å²) < 4.78 is 5.78. The van der Waals surface area contributed by atoms with Crippen molar-refractivity contribution in [1.29, 1.82) is 0 Å². The molecule has 0 radical (unpaired) electrons. The van der Waals surface area contributed by atoms with Crippen LogP contribution in [0.3, 0.4) is 0 Å². The molecule has 1 aliphatic rings. The van der Waals surface area contributed by atoms with Gasteiger partial charge in [-0.3, -0.25) is 9.59 Å². The van der Waals surface area contributed by atoms with Gasteiger partial charge in [0.15, 0.2) is 5.58 Å². The first-order valence-corrected chi connectivity index (χ1v) is 9.57. The molecular formula is C20H19N3O3S. The average Bonchev–Trinajstić information content (AvgIpc) is 3.04. The molecular weight excluding hydrogens is 362 g/mol. The van der Waals surface area contributed by atoms with Crippen LogP contribution in [0.1, 0.15) is 37.0 Å². The predicted molar refractivity (Wildman–Crippen MR) is 106 cm³/mol. The third-order valence-electron chi connectivity index (χ3n) is 4.16. The molecule has 2 amide bonds. The van der Waals surface area contributed by atoms with Crippen LogP contribution in [0.15, 0.2) is 45.7 Å². The number of nitrogens with zero attached hydrogens (tertiary/aromatic N) is 1. The van der Waals surface area contributed by atoms with Crippen LogP contribution >= 0.6 is 11.8 Å². The van der Waals surface area contributed by atoms with Crippen molar-refractivity contribution in [3.63, 3.8) is 0 Å². The van der Waals surface area contributed by atoms with Crippen molar-refractivity contribution in [3.8, 4) is 0 Å². The monoisotopic (exact) mass is 381 g/mol. The van der Waals surface area contributed by atoms with Crippen molar-refractivity contribution in [1.82, 2.24) is 4.98 Å². The van der Waals surface area contributed by atoms with Gasteiger partial charge >= 0.3 is 0 Å². The summed E-state index contributed by atoms with van der Waals surface area (Å²) in [5.74, 6) is 0.744. The Kier molecular flexibility index (Phi) is 4.19. The molecule has 7 heteroatoms. The van der Waals surface area contributed by atoms with Gasteiger partial charge in [-0.15, -0.1) is 11.8 Å². The SMILES string of the molecule is CC(C)(C)c1nc2cc(NC(=O)c3ccc4c(c3)NC(=O)CS4)ccc2o1. The van der Waals surface area contributed by atoms with Crippen LogP contribution < -0.4 is 10.6 Å². The Morgan fingerprint density at radius 1 is 1.22 bits per heavy atom. The van der Waals surface area contributed by atoms with Crippen LogP contribution in [0.5, 0.6) is 0 Å². The van der Waals surface area contributed by atoms with Crippen molar-refractivity contribution in [3.05, 3.63) is 47.9 Å². The van der Waals surface area contributed by atoms with E-state index in [1.807, 2.05) is 26.8 Å². The molecule has 0 aliphatic carbocycles. The highest BCUT2D eigenvalue weighted by atomic mass is 32.2. The minimum atomic E-state index is -0.249. The Morgan fingerprint density at radius 2 is 2.04 bits per heavy atom. The number of thioether (sulfide) groups is 1. The Hall–Kier alpha value is -2.80. The highest BCUT2D eigenvalue weighted by Crippen LogP contribution is 2.32. The lowest BCUT2D eigenvalue weighted by atomic mass is 9.97. The maximum absolute atomic E-state index is 12.6. The summed E-state index contributed by atoms with van der Waals surface area (Å²) in [6, 6.07) is 10.7. The molecule has 6 nitrogen and oxygen atoms in total. The van der Waals surface area contributed by atoms with E-state index < -0.39 is 0 Å². The van der Waals surface area contributed by atoms with E-state index in [1.54, 1.807) is 30.3 Å². The average molecular weight is 381 g/mol. The van der Waals surface area contributed by atoms with E-state index in [0.29, 0.717) is 39.7 Å². The number of carbonyl (C=O) groups excluding carboxylic acids is 2. The fourth-order valence-electron chi connectivity index (χ4n) is 2.75. The lowest BCUT2D eigenvalue weighted by Crippen LogP contribution is -2.19. The van der Waals surface area contributed by atoms with Crippen LogP contribution in [0.2, 0.25) is 0 Å². The molecule has 0 spiro atoms. The summed E-state index contributed by atoms with van der Waals surface area (Å²) in [7, 11) is 0. The number of anilines is 2. The number of nitrogens with one attached hydrogen (secondary N) is 2. The van der Waals surface area contributed by atoms with Gasteiger partial charge in [0, 0.05) is 21.6 Å². The smallest absolute Gasteiger partial charge is 0.255 e. The molecule has 0 fully saturated rings. The predicted octanol–water partition coefficient (Wildman–Crippen LogP) is 4.42. The molecule has 0 unspecified atom stereocenters. The molecule has 0 bridgehead atoms. The highest BCUT2D eigenvalue weighted by molar-refractivity contribution is 8.00. The number of fused-ring (bicyclic) bond motifs is 2. The summed E-state index contributed by atoms with van der Waals surface area (Å²) >= 11 is 1.46. The molecule has 27 heavy (non-hydrogen) atoms. The summed E-state index contributed by atoms with van der Waals surface area (Å²) in [5.41, 5.74) is 2.99. The molecule has 0 saturated heterocycles. The number of aromatic nitrogens is 1. The molecule has 1 aromatic heterocycles. The molecule has 0 atom stereocenters. The molecule has 2 aromatic carbocycles. The van der Waals surface area contributed by atoms with Gasteiger partial charge in [-0.05, 0) is 36.4 Å². The number of hydrogen-bond acceptors (Lipinski definition) is 5. The van der Waals surface area contributed by atoms with E-state index in [2.05, 4.69) is 15.6 Å². The number of oxazole rings is 1. The lowest BCUT2D eigenvalue weighted by molar-refractivity contribution is -0.113. The third kappa shape index (κ3) is 3.55. The largest absolute Gasteiger partial charge is 0.440 e. The Morgan fingerprint density at radius 3 is 2.81 bits per heavy atom. The zero-order valence-electron chi connectivity index (χ0n) is 15.3. The van der Waals surface area contributed by atoms with E-state index in [9.17, 15) is 9.59 Å². The van der Waals surface area contributed by atoms with Crippen molar-refractivity contribution in [2.45, 2.75) is 31.1 Å². The molecule has 1 aliphatic heterocycles. The number of amides is 2. The van der Waals surface area contributed by atoms with Gasteiger partial charge in [-0.1, -0.05) is 20.8 Å². The van der Waals surface area contributed by atoms with Gasteiger partial charge in [0.2, 0.25) is 11.8 Å². The van der Waals surface area contributed by atoms with Crippen molar-refractivity contribution >= 4 is 46.1 Å². The first-order chi connectivity index (χ1) is 12.8. The maximum Gasteiger partial charge on any atom is 0.255 e. The standard InChI is InChI=1S/C20H19N3O3S/c1-20(2,3)19-23-13-9-12(5-6-15(13)26-19)21-18(25)11-4-7-16-14(8-11)22-17(24)10-27-16/h4-9H,10H2,1-3H3,(H,21,25)(H,22,24). The van der Waals surface area contributed by atoms with Gasteiger partial charge < -0.3 is 15.1 Å². The zero-order valence-corrected chi connectivity index (χ0v) is 16.1. The van der Waals surface area contributed by atoms with E-state index in [-0.39, 0.29) is 17.2 Å². The van der Waals surface area contributed by atoms with Gasteiger partial charge in [-0.2, -0.15) is 0 Å². The minimum absolute atomic E-state index is 0.0591. The molecule has 3 aromatic rings. The van der Waals surface area contributed by atoms with Crippen LogP contribution in [0, 0.1) is 0 Å². The summed E-state index contributed by atoms with van der Waals surface area (Å²) in [6.45, 7) is 6.11. The number of carbonyl (C=O) groups is 2. The van der Waals surface area contributed by atoms with Gasteiger partial charge in [-0.25, -0.2) is 4.98 Å². The van der Waals surface area contributed by atoms with Crippen molar-refractivity contribution in [2.24, 2.45) is 0 Å². The van der Waals surface area contributed by atoms with Crippen LogP contribution in [-0.2, 0) is 10.2 Å². The lowest BCUT2D eigenvalue weighted by Gasteiger charge is -2.16. The van der Waals surface area contributed by atoms with Crippen LogP contribution in [-0.4, -0.2) is 22.6 Å². The number of rotatable bonds is 2. The van der Waals surface area contributed by atoms with Gasteiger partial charge in [0.25, 0.3) is 5.91 Å². The normalized spacial score (nSPS) is 14.0. The molecule has 138 valence electrons. The van der Waals surface area contributed by atoms with Crippen molar-refractivity contribution in [2.75, 3.05) is 16.4 Å². The number of benzene rings is 2. The Labute approximate surface area is 160 Å². The summed E-state index contributed by atoms with van der Waals surface area (Å²) in [5, 5.41) is 5.67. The van der Waals surface area contributed by atoms with E-state index in [1.165, 1.54) is 11.8 Å². The van der Waals surface area contributed by atoms with E-state index in [0.717, 1.165) is 4.90 Å². The Balaban J connectivity index is 1.57. The third-order valence-corrected chi connectivity index (χ3v) is 5.24. The molecule has 2 N–H and O–H groups in total. The maximum atomic E-state index is 12.6. The van der Waals surface area contributed by atoms with Crippen LogP contribution in [0.4, 0.5) is 11.4 Å². The fourth-order valence-corrected chi connectivity index (χ4v) is 3.54. The summed E-state index contributed by atoms with van der Waals surface area (Å²) in [6.07, 6.45) is 0. The van der Waals surface area contributed by atoms with Gasteiger partial charge in [0.05, 0.1) is 11.4 Å². The zero-order chi connectivity index (χ0) is 19.2. The molecule has 4 rings (SSSR count). The molecule has 2 heterocycles. The van der Waals surface area contributed by atoms with E-state index in [4.69, 9.17) is 4.42 Å². The first kappa shape index (κ1) is 17.6. The van der Waals surface area contributed by atoms with Crippen LogP contribution in [0.25, 0.3) is 11.1 Å². The molecule has 0 saturated carbocycles. The topological polar surface area (TPSA) is 84.2 Å². The van der Waals surface area contributed by atoms with E-state index >= 15 is 0 Å². The summed E-state index contributed by atoms with van der Waals surface area (Å²) in [4.78, 5) is 29.6. The van der Waals surface area contributed by atoms with Gasteiger partial charge in [0.1, 0.15) is 5.52 Å². The second-order valence-corrected chi connectivity index (χ2v) is 8.47. The number of hydrogen-bond donors (Lipinski definition) is 2. The highest BCUT2D eigenvalue weighted by Gasteiger charge is 2.21. The first-order valence-electron chi connectivity index (χ1n) is 8.59. The fraction of sp³-hybridized carbons (Fsp3) is 0.250. The second-order valence-electron chi connectivity index (χ2n) is 7.45. The Bertz CT molecular complexity index is 1070. The van der Waals surface area contributed by atoms with Crippen molar-refractivity contribution < 1.29 is 14.0 Å². The minimum Gasteiger partial charge on any atom is -0.440 e. The second kappa shape index (κ2) is 6.42. The quantitative estimate of drug-likeness (QED) is 0.686.